The molecule has 1 saturated carbocycles. The lowest BCUT2D eigenvalue weighted by atomic mass is 9.80. The summed E-state index contributed by atoms with van der Waals surface area (Å²) in [6, 6.07) is 0. The van der Waals surface area contributed by atoms with Gasteiger partial charge in [-0.05, 0) is 18.3 Å². The molecular weight excluding hydrogens is 136 g/mol. The first-order valence-electron chi connectivity index (χ1n) is 4.66. The molecule has 0 spiro atoms. The second-order valence-corrected chi connectivity index (χ2v) is 3.96. The lowest BCUT2D eigenvalue weighted by molar-refractivity contribution is 0.183. The largest absolute Gasteiger partial charge is 0.269 e. The molecule has 0 aromatic rings. The van der Waals surface area contributed by atoms with Crippen molar-refractivity contribution >= 4 is 0 Å². The average Bonchev–Trinajstić information content (AvgIpc) is 1.93. The third kappa shape index (κ3) is 2.80. The van der Waals surface area contributed by atoms with Crippen molar-refractivity contribution in [2.45, 2.75) is 32.6 Å². The molecule has 1 fully saturated rings. The van der Waals surface area contributed by atoms with Gasteiger partial charge in [0.15, 0.2) is 0 Å². The van der Waals surface area contributed by atoms with Crippen LogP contribution < -0.4 is 5.84 Å². The van der Waals surface area contributed by atoms with Gasteiger partial charge in [-0.3, -0.25) is 5.84 Å². The van der Waals surface area contributed by atoms with E-state index in [2.05, 4.69) is 6.92 Å². The monoisotopic (exact) mass is 156 g/mol. The van der Waals surface area contributed by atoms with Gasteiger partial charge in [-0.2, -0.15) is 0 Å². The van der Waals surface area contributed by atoms with E-state index in [4.69, 9.17) is 5.84 Å². The van der Waals surface area contributed by atoms with Crippen LogP contribution in [0.25, 0.3) is 0 Å². The molecule has 0 amide bonds. The summed E-state index contributed by atoms with van der Waals surface area (Å²) in [5.74, 6) is 7.35. The number of hydrogen-bond donors (Lipinski definition) is 1. The van der Waals surface area contributed by atoms with Gasteiger partial charge in [0.25, 0.3) is 0 Å². The fraction of sp³-hybridized carbons (Fsp3) is 1.00. The van der Waals surface area contributed by atoms with Gasteiger partial charge in [-0.15, -0.1) is 0 Å². The molecule has 2 heteroatoms. The predicted octanol–water partition coefficient (Wildman–Crippen LogP) is 1.62. The van der Waals surface area contributed by atoms with Crippen LogP contribution >= 0.6 is 0 Å². The van der Waals surface area contributed by atoms with E-state index in [0.29, 0.717) is 0 Å². The minimum Gasteiger partial charge on any atom is -0.269 e. The van der Waals surface area contributed by atoms with E-state index >= 15 is 0 Å². The van der Waals surface area contributed by atoms with Crippen molar-refractivity contribution in [1.82, 2.24) is 5.01 Å². The van der Waals surface area contributed by atoms with Gasteiger partial charge in [0.1, 0.15) is 0 Å². The zero-order valence-corrected chi connectivity index (χ0v) is 7.71. The van der Waals surface area contributed by atoms with Gasteiger partial charge in [0.2, 0.25) is 0 Å². The molecule has 0 aromatic heterocycles. The predicted molar refractivity (Wildman–Crippen MR) is 47.9 cm³/mol. The zero-order valence-electron chi connectivity index (χ0n) is 7.71. The van der Waals surface area contributed by atoms with Gasteiger partial charge >= 0.3 is 0 Å². The summed E-state index contributed by atoms with van der Waals surface area (Å²) in [6.45, 7) is 3.43. The molecule has 0 aliphatic heterocycles. The molecule has 2 unspecified atom stereocenters. The highest BCUT2D eigenvalue weighted by atomic mass is 15.4. The zero-order chi connectivity index (χ0) is 8.27. The number of hydrazine groups is 1. The third-order valence-electron chi connectivity index (χ3n) is 2.81. The summed E-state index contributed by atoms with van der Waals surface area (Å²) in [4.78, 5) is 0. The Morgan fingerprint density at radius 3 is 2.55 bits per heavy atom. The number of rotatable bonds is 2. The molecule has 0 aromatic carbocycles. The highest BCUT2D eigenvalue weighted by Gasteiger charge is 2.21. The van der Waals surface area contributed by atoms with E-state index in [1.54, 1.807) is 0 Å². The van der Waals surface area contributed by atoms with Crippen LogP contribution in [0.5, 0.6) is 0 Å². The van der Waals surface area contributed by atoms with Crippen LogP contribution in [0.3, 0.4) is 0 Å². The average molecular weight is 156 g/mol. The Bertz CT molecular complexity index is 112. The van der Waals surface area contributed by atoms with Crippen molar-refractivity contribution in [2.75, 3.05) is 13.6 Å². The topological polar surface area (TPSA) is 29.3 Å². The van der Waals surface area contributed by atoms with Crippen LogP contribution in [0.1, 0.15) is 32.6 Å². The maximum absolute atomic E-state index is 5.62. The molecule has 66 valence electrons. The second-order valence-electron chi connectivity index (χ2n) is 3.96. The van der Waals surface area contributed by atoms with Gasteiger partial charge in [0, 0.05) is 13.6 Å². The number of hydrogen-bond acceptors (Lipinski definition) is 2. The van der Waals surface area contributed by atoms with Crippen LogP contribution in [0.4, 0.5) is 0 Å². The summed E-state index contributed by atoms with van der Waals surface area (Å²) < 4.78 is 0. The molecule has 0 heterocycles. The van der Waals surface area contributed by atoms with Gasteiger partial charge < -0.3 is 0 Å². The fourth-order valence-electron chi connectivity index (χ4n) is 2.03. The lowest BCUT2D eigenvalue weighted by Gasteiger charge is -2.30. The third-order valence-corrected chi connectivity index (χ3v) is 2.81. The Kier molecular flexibility index (Phi) is 3.34. The summed E-state index contributed by atoms with van der Waals surface area (Å²) >= 11 is 0. The maximum atomic E-state index is 5.62. The summed E-state index contributed by atoms with van der Waals surface area (Å²) in [7, 11) is 1.96. The Labute approximate surface area is 69.7 Å². The minimum atomic E-state index is 0.846. The number of nitrogens with two attached hydrogens (primary N) is 1. The highest BCUT2D eigenvalue weighted by Crippen LogP contribution is 2.29. The Balaban J connectivity index is 2.29. The second kappa shape index (κ2) is 4.07. The van der Waals surface area contributed by atoms with Gasteiger partial charge in [-0.1, -0.05) is 26.2 Å². The van der Waals surface area contributed by atoms with Crippen molar-refractivity contribution in [1.29, 1.82) is 0 Å². The molecule has 2 N–H and O–H groups in total. The molecule has 2 atom stereocenters. The van der Waals surface area contributed by atoms with Crippen LogP contribution in [0.15, 0.2) is 0 Å². The maximum Gasteiger partial charge on any atom is 0.0156 e. The van der Waals surface area contributed by atoms with Gasteiger partial charge in [-0.25, -0.2) is 5.01 Å². The smallest absolute Gasteiger partial charge is 0.0156 e. The highest BCUT2D eigenvalue weighted by molar-refractivity contribution is 4.73. The van der Waals surface area contributed by atoms with E-state index in [0.717, 1.165) is 18.4 Å². The number of nitrogens with zero attached hydrogens (tertiary/aromatic N) is 1. The van der Waals surface area contributed by atoms with E-state index in [1.807, 2.05) is 12.1 Å². The molecular formula is C9H20N2. The lowest BCUT2D eigenvalue weighted by Crippen LogP contribution is -2.35. The Morgan fingerprint density at radius 1 is 1.36 bits per heavy atom. The van der Waals surface area contributed by atoms with Crippen molar-refractivity contribution in [3.63, 3.8) is 0 Å². The SMILES string of the molecule is CC1CCCCC1CN(C)N. The molecule has 0 bridgehead atoms. The summed E-state index contributed by atoms with van der Waals surface area (Å²) in [5.41, 5.74) is 0. The van der Waals surface area contributed by atoms with E-state index in [1.165, 1.54) is 25.7 Å². The molecule has 0 radical (unpaired) electrons. The Hall–Kier alpha value is -0.0800. The van der Waals surface area contributed by atoms with Crippen LogP contribution in [-0.4, -0.2) is 18.6 Å². The van der Waals surface area contributed by atoms with Crippen LogP contribution in [0, 0.1) is 11.8 Å². The van der Waals surface area contributed by atoms with Crippen LogP contribution in [-0.2, 0) is 0 Å². The van der Waals surface area contributed by atoms with E-state index in [9.17, 15) is 0 Å². The summed E-state index contributed by atoms with van der Waals surface area (Å²) in [5, 5.41) is 1.83. The molecule has 1 rings (SSSR count). The standard InChI is InChI=1S/C9H20N2/c1-8-5-3-4-6-9(8)7-11(2)10/h8-9H,3-7,10H2,1-2H3. The first-order valence-corrected chi connectivity index (χ1v) is 4.66. The van der Waals surface area contributed by atoms with Gasteiger partial charge in [0.05, 0.1) is 0 Å². The van der Waals surface area contributed by atoms with Crippen molar-refractivity contribution in [3.8, 4) is 0 Å². The summed E-state index contributed by atoms with van der Waals surface area (Å²) in [6.07, 6.45) is 5.61. The molecule has 11 heavy (non-hydrogen) atoms. The van der Waals surface area contributed by atoms with Crippen molar-refractivity contribution in [3.05, 3.63) is 0 Å². The normalized spacial score (nSPS) is 32.7. The van der Waals surface area contributed by atoms with E-state index < -0.39 is 0 Å². The first-order chi connectivity index (χ1) is 5.20. The van der Waals surface area contributed by atoms with E-state index in [-0.39, 0.29) is 0 Å². The van der Waals surface area contributed by atoms with Crippen LogP contribution in [0.2, 0.25) is 0 Å². The first kappa shape index (κ1) is 9.01. The Morgan fingerprint density at radius 2 is 2.00 bits per heavy atom. The fourth-order valence-corrected chi connectivity index (χ4v) is 2.03. The molecule has 2 nitrogen and oxygen atoms in total. The van der Waals surface area contributed by atoms with Crippen molar-refractivity contribution in [2.24, 2.45) is 17.7 Å². The molecule has 1 aliphatic carbocycles. The minimum absolute atomic E-state index is 0.846. The quantitative estimate of drug-likeness (QED) is 0.486. The molecule has 0 saturated heterocycles. The molecule has 1 aliphatic rings. The van der Waals surface area contributed by atoms with Crippen molar-refractivity contribution < 1.29 is 0 Å².